The molecule has 0 aromatic rings. The van der Waals surface area contributed by atoms with Gasteiger partial charge in [0.25, 0.3) is 0 Å². The quantitative estimate of drug-likeness (QED) is 0.435. The Hall–Kier alpha value is -1.14. The van der Waals surface area contributed by atoms with Crippen molar-refractivity contribution in [2.75, 3.05) is 6.61 Å². The first-order valence-corrected chi connectivity index (χ1v) is 2.90. The summed E-state index contributed by atoms with van der Waals surface area (Å²) in [6, 6.07) is -1.11. The van der Waals surface area contributed by atoms with Crippen LogP contribution >= 0.6 is 0 Å². The number of hydroxylamine groups is 1. The van der Waals surface area contributed by atoms with E-state index in [-0.39, 0.29) is 6.61 Å². The highest BCUT2D eigenvalue weighted by molar-refractivity contribution is 5.73. The number of carbonyl (C=O) groups excluding carboxylic acids is 1. The minimum absolute atomic E-state index is 0.241. The van der Waals surface area contributed by atoms with Crippen LogP contribution in [0.4, 0.5) is 0 Å². The number of carbonyl (C=O) groups is 2. The van der Waals surface area contributed by atoms with Crippen molar-refractivity contribution in [1.82, 2.24) is 5.48 Å². The zero-order valence-corrected chi connectivity index (χ0v) is 6.03. The lowest BCUT2D eigenvalue weighted by atomic mass is 10.3. The Kier molecular flexibility index (Phi) is 4.16. The van der Waals surface area contributed by atoms with Crippen molar-refractivity contribution in [2.24, 2.45) is 5.73 Å². The smallest absolute Gasteiger partial charge is 0.322 e. The molecule has 0 heterocycles. The molecule has 1 atom stereocenters. The number of carboxylic acid groups (broad SMARTS) is 1. The number of nitrogens with one attached hydrogen (secondary N) is 1. The molecule has 0 rings (SSSR count). The second-order valence-electron chi connectivity index (χ2n) is 1.91. The van der Waals surface area contributed by atoms with Gasteiger partial charge in [0, 0.05) is 6.92 Å². The maximum absolute atomic E-state index is 10.2. The summed E-state index contributed by atoms with van der Waals surface area (Å²) >= 11 is 0. The number of carboxylic acids is 1. The summed E-state index contributed by atoms with van der Waals surface area (Å²) in [6.45, 7) is 1.00. The van der Waals surface area contributed by atoms with Crippen LogP contribution in [0, 0.1) is 0 Å². The van der Waals surface area contributed by atoms with Crippen LogP contribution in [0.3, 0.4) is 0 Å². The molecule has 6 nitrogen and oxygen atoms in total. The highest BCUT2D eigenvalue weighted by Gasteiger charge is 2.11. The van der Waals surface area contributed by atoms with Crippen molar-refractivity contribution in [1.29, 1.82) is 0 Å². The maximum atomic E-state index is 10.2. The Morgan fingerprint density at radius 2 is 2.27 bits per heavy atom. The molecular formula is C5H10N2O4. The fraction of sp³-hybridized carbons (Fsp3) is 0.600. The van der Waals surface area contributed by atoms with Gasteiger partial charge >= 0.3 is 5.97 Å². The minimum atomic E-state index is -1.17. The summed E-state index contributed by atoms with van der Waals surface area (Å²) < 4.78 is 0. The molecule has 0 spiro atoms. The molecule has 1 unspecified atom stereocenters. The van der Waals surface area contributed by atoms with Gasteiger partial charge in [-0.05, 0) is 0 Å². The lowest BCUT2D eigenvalue weighted by Gasteiger charge is -2.05. The monoisotopic (exact) mass is 162 g/mol. The van der Waals surface area contributed by atoms with Gasteiger partial charge in [0.05, 0.1) is 0 Å². The molecule has 0 fully saturated rings. The zero-order chi connectivity index (χ0) is 8.85. The molecule has 0 saturated heterocycles. The van der Waals surface area contributed by atoms with Crippen LogP contribution in [0.2, 0.25) is 0 Å². The van der Waals surface area contributed by atoms with Crippen molar-refractivity contribution in [3.05, 3.63) is 0 Å². The van der Waals surface area contributed by atoms with E-state index in [1.807, 2.05) is 5.48 Å². The van der Waals surface area contributed by atoms with E-state index in [9.17, 15) is 9.59 Å². The van der Waals surface area contributed by atoms with Crippen LogP contribution in [-0.4, -0.2) is 29.6 Å². The number of aliphatic carboxylic acids is 1. The Labute approximate surface area is 63.3 Å². The highest BCUT2D eigenvalue weighted by atomic mass is 16.7. The second kappa shape index (κ2) is 4.64. The average Bonchev–Trinajstić information content (AvgIpc) is 1.86. The summed E-state index contributed by atoms with van der Waals surface area (Å²) in [4.78, 5) is 24.6. The van der Waals surface area contributed by atoms with Crippen LogP contribution in [0.15, 0.2) is 0 Å². The molecule has 0 saturated carbocycles. The predicted molar refractivity (Wildman–Crippen MR) is 35.4 cm³/mol. The molecule has 11 heavy (non-hydrogen) atoms. The molecule has 0 aliphatic rings. The molecule has 4 N–H and O–H groups in total. The molecule has 0 bridgehead atoms. The fourth-order valence-electron chi connectivity index (χ4n) is 0.304. The van der Waals surface area contributed by atoms with Gasteiger partial charge in [-0.3, -0.25) is 14.4 Å². The molecule has 0 aliphatic heterocycles. The number of hydrogen-bond acceptors (Lipinski definition) is 4. The molecular weight excluding hydrogens is 152 g/mol. The first-order valence-electron chi connectivity index (χ1n) is 2.90. The van der Waals surface area contributed by atoms with E-state index >= 15 is 0 Å². The molecule has 1 amide bonds. The summed E-state index contributed by atoms with van der Waals surface area (Å²) in [5, 5.41) is 8.23. The number of nitrogens with two attached hydrogens (primary N) is 1. The van der Waals surface area contributed by atoms with Gasteiger partial charge in [-0.1, -0.05) is 0 Å². The van der Waals surface area contributed by atoms with Gasteiger partial charge in [0.15, 0.2) is 0 Å². The van der Waals surface area contributed by atoms with E-state index in [0.717, 1.165) is 0 Å². The van der Waals surface area contributed by atoms with Crippen molar-refractivity contribution >= 4 is 11.9 Å². The van der Waals surface area contributed by atoms with Gasteiger partial charge < -0.3 is 10.8 Å². The Morgan fingerprint density at radius 3 is 2.64 bits per heavy atom. The first kappa shape index (κ1) is 9.86. The molecule has 64 valence electrons. The number of rotatable bonds is 4. The molecule has 0 aromatic carbocycles. The van der Waals surface area contributed by atoms with E-state index in [1.54, 1.807) is 0 Å². The summed E-state index contributed by atoms with van der Waals surface area (Å²) in [5.74, 6) is -1.57. The van der Waals surface area contributed by atoms with E-state index in [4.69, 9.17) is 10.8 Å². The van der Waals surface area contributed by atoms with Gasteiger partial charge in [-0.2, -0.15) is 0 Å². The van der Waals surface area contributed by atoms with Crippen LogP contribution in [0.1, 0.15) is 6.92 Å². The Balaban J connectivity index is 3.39. The van der Waals surface area contributed by atoms with E-state index < -0.39 is 17.9 Å². The number of amides is 1. The van der Waals surface area contributed by atoms with Gasteiger partial charge in [0.1, 0.15) is 12.6 Å². The number of hydrogen-bond donors (Lipinski definition) is 3. The first-order chi connectivity index (χ1) is 5.04. The average molecular weight is 162 g/mol. The minimum Gasteiger partial charge on any atom is -0.480 e. The molecule has 6 heteroatoms. The van der Waals surface area contributed by atoms with E-state index in [1.165, 1.54) is 6.92 Å². The highest BCUT2D eigenvalue weighted by Crippen LogP contribution is 1.78. The normalized spacial score (nSPS) is 12.2. The second-order valence-corrected chi connectivity index (χ2v) is 1.91. The molecule has 0 radical (unpaired) electrons. The summed E-state index contributed by atoms with van der Waals surface area (Å²) in [5.41, 5.74) is 6.98. The van der Waals surface area contributed by atoms with Crippen LogP contribution in [0.25, 0.3) is 0 Å². The fourth-order valence-corrected chi connectivity index (χ4v) is 0.304. The standard InChI is InChI=1S/C5H10N2O4/c1-3(8)7-11-2-4(6)5(9)10/h4H,2,6H2,1H3,(H,7,8)(H,9,10). The Bertz CT molecular complexity index is 159. The lowest BCUT2D eigenvalue weighted by Crippen LogP contribution is -2.37. The van der Waals surface area contributed by atoms with E-state index in [2.05, 4.69) is 4.84 Å². The third-order valence-electron chi connectivity index (χ3n) is 0.796. The van der Waals surface area contributed by atoms with Crippen molar-refractivity contribution in [3.63, 3.8) is 0 Å². The van der Waals surface area contributed by atoms with Crippen molar-refractivity contribution in [2.45, 2.75) is 13.0 Å². The van der Waals surface area contributed by atoms with Gasteiger partial charge in [-0.25, -0.2) is 5.48 Å². The molecule has 0 aliphatic carbocycles. The third-order valence-corrected chi connectivity index (χ3v) is 0.796. The summed E-state index contributed by atoms with van der Waals surface area (Å²) in [6.07, 6.45) is 0. The molecule has 0 aromatic heterocycles. The Morgan fingerprint density at radius 1 is 1.73 bits per heavy atom. The SMILES string of the molecule is CC(=O)NOCC(N)C(=O)O. The van der Waals surface area contributed by atoms with Crippen LogP contribution in [0.5, 0.6) is 0 Å². The third kappa shape index (κ3) is 5.31. The van der Waals surface area contributed by atoms with E-state index in [0.29, 0.717) is 0 Å². The zero-order valence-electron chi connectivity index (χ0n) is 6.03. The topological polar surface area (TPSA) is 102 Å². The van der Waals surface area contributed by atoms with Crippen molar-refractivity contribution < 1.29 is 19.5 Å². The summed E-state index contributed by atoms with van der Waals surface area (Å²) in [7, 11) is 0. The largest absolute Gasteiger partial charge is 0.480 e. The van der Waals surface area contributed by atoms with Crippen LogP contribution < -0.4 is 11.2 Å². The van der Waals surface area contributed by atoms with Gasteiger partial charge in [-0.15, -0.1) is 0 Å². The van der Waals surface area contributed by atoms with Crippen molar-refractivity contribution in [3.8, 4) is 0 Å². The van der Waals surface area contributed by atoms with Gasteiger partial charge in [0.2, 0.25) is 5.91 Å². The van der Waals surface area contributed by atoms with Crippen LogP contribution in [-0.2, 0) is 14.4 Å². The lowest BCUT2D eigenvalue weighted by molar-refractivity contribution is -0.143. The predicted octanol–water partition coefficient (Wildman–Crippen LogP) is -1.53. The maximum Gasteiger partial charge on any atom is 0.322 e.